The van der Waals surface area contributed by atoms with Crippen molar-refractivity contribution in [3.8, 4) is 5.75 Å². The number of hydrogen-bond donors (Lipinski definition) is 2. The van der Waals surface area contributed by atoms with Crippen molar-refractivity contribution in [2.45, 2.75) is 71.6 Å². The summed E-state index contributed by atoms with van der Waals surface area (Å²) >= 11 is 6.25. The van der Waals surface area contributed by atoms with Crippen molar-refractivity contribution in [3.05, 3.63) is 47.9 Å². The van der Waals surface area contributed by atoms with Crippen molar-refractivity contribution in [2.75, 3.05) is 5.73 Å². The van der Waals surface area contributed by atoms with Crippen LogP contribution in [0.1, 0.15) is 47.3 Å². The molecule has 1 aliphatic rings. The van der Waals surface area contributed by atoms with Crippen LogP contribution in [0.5, 0.6) is 5.75 Å². The number of nitrogen functional groups attached to an aromatic ring is 1. The van der Waals surface area contributed by atoms with Crippen molar-refractivity contribution >= 4 is 42.2 Å². The Kier molecular flexibility index (Phi) is 8.64. The Balaban J connectivity index is 1.53. The number of fused-ring (bicyclic) bond motifs is 1. The van der Waals surface area contributed by atoms with Gasteiger partial charge in [-0.05, 0) is 52.3 Å². The summed E-state index contributed by atoms with van der Waals surface area (Å²) in [5, 5.41) is 3.68. The first kappa shape index (κ1) is 28.3. The summed E-state index contributed by atoms with van der Waals surface area (Å²) in [5.74, 6) is 0.0261. The fourth-order valence-corrected chi connectivity index (χ4v) is 6.28. The number of carbonyl (C=O) groups excluding carboxylic acids is 1. The number of aromatic nitrogens is 3. The summed E-state index contributed by atoms with van der Waals surface area (Å²) in [5.41, 5.74) is 6.65. The van der Waals surface area contributed by atoms with E-state index in [1.165, 1.54) is 13.3 Å². The first-order valence-electron chi connectivity index (χ1n) is 12.4. The Bertz CT molecular complexity index is 1340. The molecule has 0 bridgehead atoms. The van der Waals surface area contributed by atoms with Gasteiger partial charge in [0.15, 0.2) is 0 Å². The van der Waals surface area contributed by atoms with Gasteiger partial charge in [-0.3, -0.25) is 9.32 Å². The minimum absolute atomic E-state index is 0.0783. The lowest BCUT2D eigenvalue weighted by Gasteiger charge is -2.28. The van der Waals surface area contributed by atoms with E-state index in [1.807, 2.05) is 16.8 Å². The maximum atomic E-state index is 14.0. The highest BCUT2D eigenvalue weighted by molar-refractivity contribution is 7.52. The molecular formula is C25H33ClN5O6P. The number of halogens is 1. The van der Waals surface area contributed by atoms with Gasteiger partial charge in [-0.25, -0.2) is 14.5 Å². The van der Waals surface area contributed by atoms with Crippen LogP contribution in [-0.4, -0.2) is 44.9 Å². The predicted molar refractivity (Wildman–Crippen MR) is 144 cm³/mol. The van der Waals surface area contributed by atoms with E-state index in [9.17, 15) is 9.36 Å². The van der Waals surface area contributed by atoms with E-state index in [-0.39, 0.29) is 29.0 Å². The van der Waals surface area contributed by atoms with Crippen LogP contribution in [0, 0.1) is 5.92 Å². The molecule has 13 heteroatoms. The highest BCUT2D eigenvalue weighted by atomic mass is 35.5. The normalized spacial score (nSPS) is 22.8. The summed E-state index contributed by atoms with van der Waals surface area (Å²) in [4.78, 5) is 20.9. The van der Waals surface area contributed by atoms with Gasteiger partial charge < -0.3 is 24.3 Å². The van der Waals surface area contributed by atoms with Crippen molar-refractivity contribution in [2.24, 2.45) is 5.92 Å². The zero-order valence-electron chi connectivity index (χ0n) is 21.9. The molecule has 4 rings (SSSR count). The molecule has 1 aromatic carbocycles. The number of nitrogens with one attached hydrogen (secondary N) is 1. The largest absolute Gasteiger partial charge is 0.462 e. The number of benzene rings is 1. The van der Waals surface area contributed by atoms with Crippen LogP contribution in [0.4, 0.5) is 5.82 Å². The first-order chi connectivity index (χ1) is 18.0. The molecule has 11 nitrogen and oxygen atoms in total. The molecule has 6 unspecified atom stereocenters. The molecular weight excluding hydrogens is 533 g/mol. The average molecular weight is 566 g/mol. The van der Waals surface area contributed by atoms with Gasteiger partial charge in [0.1, 0.15) is 35.8 Å². The van der Waals surface area contributed by atoms with E-state index in [4.69, 9.17) is 35.9 Å². The molecule has 1 saturated heterocycles. The van der Waals surface area contributed by atoms with E-state index in [0.717, 1.165) is 5.39 Å². The minimum Gasteiger partial charge on any atom is -0.462 e. The summed E-state index contributed by atoms with van der Waals surface area (Å²) < 4.78 is 39.3. The molecule has 2 aromatic heterocycles. The molecule has 0 aliphatic carbocycles. The first-order valence-corrected chi connectivity index (χ1v) is 14.3. The molecule has 3 aromatic rings. The molecule has 3 N–H and O–H groups in total. The number of anilines is 1. The molecule has 1 aliphatic heterocycles. The Morgan fingerprint density at radius 1 is 1.24 bits per heavy atom. The van der Waals surface area contributed by atoms with Crippen LogP contribution >= 0.6 is 19.3 Å². The monoisotopic (exact) mass is 565 g/mol. The molecule has 0 saturated carbocycles. The van der Waals surface area contributed by atoms with Gasteiger partial charge in [0, 0.05) is 12.1 Å². The summed E-state index contributed by atoms with van der Waals surface area (Å²) in [6, 6.07) is 7.45. The summed E-state index contributed by atoms with van der Waals surface area (Å²) in [7, 11) is -4.13. The second-order valence-corrected chi connectivity index (χ2v) is 11.7. The van der Waals surface area contributed by atoms with Crippen molar-refractivity contribution in [3.63, 3.8) is 0 Å². The van der Waals surface area contributed by atoms with E-state index >= 15 is 0 Å². The third-order valence-electron chi connectivity index (χ3n) is 6.16. The number of rotatable bonds is 10. The van der Waals surface area contributed by atoms with Crippen LogP contribution < -0.4 is 15.3 Å². The van der Waals surface area contributed by atoms with Gasteiger partial charge >= 0.3 is 13.7 Å². The second-order valence-electron chi connectivity index (χ2n) is 9.66. The number of hydrogen-bond acceptors (Lipinski definition) is 9. The van der Waals surface area contributed by atoms with E-state index in [2.05, 4.69) is 22.0 Å². The quantitative estimate of drug-likeness (QED) is 0.251. The van der Waals surface area contributed by atoms with Gasteiger partial charge in [0.05, 0.1) is 28.7 Å². The van der Waals surface area contributed by atoms with Crippen molar-refractivity contribution < 1.29 is 27.9 Å². The molecule has 0 spiro atoms. The topological polar surface area (TPSA) is 140 Å². The average Bonchev–Trinajstić information content (AvgIpc) is 3.44. The number of carbonyl (C=O) groups is 1. The minimum atomic E-state index is -4.13. The molecule has 206 valence electrons. The zero-order chi connectivity index (χ0) is 27.6. The van der Waals surface area contributed by atoms with E-state index in [0.29, 0.717) is 17.9 Å². The third kappa shape index (κ3) is 6.30. The smallest absolute Gasteiger partial charge is 0.459 e. The third-order valence-corrected chi connectivity index (χ3v) is 8.22. The van der Waals surface area contributed by atoms with Crippen LogP contribution in [0.3, 0.4) is 0 Å². The van der Waals surface area contributed by atoms with E-state index < -0.39 is 32.0 Å². The van der Waals surface area contributed by atoms with Crippen molar-refractivity contribution in [1.29, 1.82) is 0 Å². The second kappa shape index (κ2) is 11.6. The molecule has 0 amide bonds. The molecule has 38 heavy (non-hydrogen) atoms. The number of nitrogens with zero attached hydrogens (tertiary/aromatic N) is 3. The van der Waals surface area contributed by atoms with Crippen LogP contribution in [0.15, 0.2) is 42.9 Å². The fourth-order valence-electron chi connectivity index (χ4n) is 4.33. The lowest BCUT2D eigenvalue weighted by molar-refractivity contribution is -0.149. The van der Waals surface area contributed by atoms with Crippen LogP contribution in [-0.2, 0) is 23.4 Å². The maximum absolute atomic E-state index is 14.0. The molecule has 6 atom stereocenters. The summed E-state index contributed by atoms with van der Waals surface area (Å²) in [6.45, 7) is 8.78. The highest BCUT2D eigenvalue weighted by Gasteiger charge is 2.42. The van der Waals surface area contributed by atoms with Crippen molar-refractivity contribution in [1.82, 2.24) is 19.6 Å². The lowest BCUT2D eigenvalue weighted by Crippen LogP contribution is -2.38. The van der Waals surface area contributed by atoms with Gasteiger partial charge in [-0.2, -0.15) is 5.09 Å². The van der Waals surface area contributed by atoms with Gasteiger partial charge in [-0.1, -0.05) is 30.7 Å². The number of nitrogens with two attached hydrogens (primary N) is 1. The number of esters is 1. The zero-order valence-corrected chi connectivity index (χ0v) is 23.6. The van der Waals surface area contributed by atoms with Crippen LogP contribution in [0.2, 0.25) is 5.02 Å². The Morgan fingerprint density at radius 3 is 2.68 bits per heavy atom. The molecule has 0 radical (unpaired) electrons. The van der Waals surface area contributed by atoms with Gasteiger partial charge in [-0.15, -0.1) is 0 Å². The van der Waals surface area contributed by atoms with Crippen LogP contribution in [0.25, 0.3) is 11.0 Å². The van der Waals surface area contributed by atoms with Gasteiger partial charge in [0.2, 0.25) is 0 Å². The summed E-state index contributed by atoms with van der Waals surface area (Å²) in [6.07, 6.45) is 2.08. The highest BCUT2D eigenvalue weighted by Crippen LogP contribution is 2.50. The predicted octanol–water partition coefficient (Wildman–Crippen LogP) is 5.11. The van der Waals surface area contributed by atoms with E-state index in [1.54, 1.807) is 45.0 Å². The number of para-hydroxylation sites is 1. The SMILES string of the molecule is CC(C)OC(=O)C(C)NP(=O)(Oc1ccccc1Cl)OC(C)C1CC(C)C(n2ccc3c(N)ncnc32)O1. The van der Waals surface area contributed by atoms with Gasteiger partial charge in [0.25, 0.3) is 0 Å². The Labute approximate surface area is 226 Å². The molecule has 3 heterocycles. The maximum Gasteiger partial charge on any atom is 0.459 e. The lowest BCUT2D eigenvalue weighted by atomic mass is 10.0. The Hall–Kier alpha value is -2.69. The molecule has 1 fully saturated rings. The fraction of sp³-hybridized carbons (Fsp3) is 0.480. The Morgan fingerprint density at radius 2 is 1.97 bits per heavy atom. The standard InChI is InChI=1S/C25H33ClN5O6P/c1-14(2)34-25(32)16(4)30-38(33,37-20-9-7-6-8-19(20)26)36-17(5)21-12-15(3)24(35-21)31-11-10-18-22(27)28-13-29-23(18)31/h6-11,13-17,21,24H,12H2,1-5H3,(H,30,33)(H2,27,28,29). The number of ether oxygens (including phenoxy) is 2.